The van der Waals surface area contributed by atoms with Gasteiger partial charge >= 0.3 is 6.36 Å². The van der Waals surface area contributed by atoms with Crippen molar-refractivity contribution < 1.29 is 23.0 Å². The lowest BCUT2D eigenvalue weighted by Crippen LogP contribution is -2.33. The molecule has 0 fully saturated rings. The van der Waals surface area contributed by atoms with E-state index in [1.807, 2.05) is 20.8 Å². The number of alkyl halides is 3. The number of rotatable bonds is 4. The average molecular weight is 406 g/mol. The quantitative estimate of drug-likeness (QED) is 0.704. The van der Waals surface area contributed by atoms with Crippen molar-refractivity contribution in [3.8, 4) is 16.9 Å². The highest BCUT2D eigenvalue weighted by Gasteiger charge is 2.31. The Bertz CT molecular complexity index is 1100. The molecule has 0 aliphatic carbocycles. The lowest BCUT2D eigenvalue weighted by molar-refractivity contribution is -0.274. The minimum absolute atomic E-state index is 0.0849. The summed E-state index contributed by atoms with van der Waals surface area (Å²) in [6.07, 6.45) is -4.78. The molecule has 0 unspecified atom stereocenters. The molecule has 0 bridgehead atoms. The lowest BCUT2D eigenvalue weighted by atomic mass is 9.92. The van der Waals surface area contributed by atoms with Crippen LogP contribution in [0, 0.1) is 0 Å². The van der Waals surface area contributed by atoms with Gasteiger partial charge in [-0.25, -0.2) is 4.98 Å². The predicted octanol–water partition coefficient (Wildman–Crippen LogP) is 4.25. The first-order valence-electron chi connectivity index (χ1n) is 9.02. The highest BCUT2D eigenvalue weighted by atomic mass is 19.4. The highest BCUT2D eigenvalue weighted by molar-refractivity contribution is 5.82. The van der Waals surface area contributed by atoms with Crippen LogP contribution in [0.5, 0.6) is 5.75 Å². The Kier molecular flexibility index (Phi) is 5.40. The van der Waals surface area contributed by atoms with E-state index in [1.54, 1.807) is 24.3 Å². The van der Waals surface area contributed by atoms with E-state index in [1.165, 1.54) is 22.8 Å². The van der Waals surface area contributed by atoms with Gasteiger partial charge in [0.2, 0.25) is 0 Å². The molecule has 3 rings (SSSR count). The molecule has 5 nitrogen and oxygen atoms in total. The third-order valence-corrected chi connectivity index (χ3v) is 4.38. The van der Waals surface area contributed by atoms with Gasteiger partial charge in [-0.1, -0.05) is 39.0 Å². The van der Waals surface area contributed by atoms with E-state index in [9.17, 15) is 23.1 Å². The number of hydrogen-bond donors (Lipinski definition) is 1. The van der Waals surface area contributed by atoms with Gasteiger partial charge in [-0.2, -0.15) is 0 Å². The van der Waals surface area contributed by atoms with Gasteiger partial charge in [-0.05, 0) is 35.4 Å². The van der Waals surface area contributed by atoms with Crippen LogP contribution in [-0.2, 0) is 12.0 Å². The number of ether oxygens (including phenoxy) is 1. The van der Waals surface area contributed by atoms with Gasteiger partial charge in [0.25, 0.3) is 5.56 Å². The summed E-state index contributed by atoms with van der Waals surface area (Å²) in [6, 6.07) is 10.7. The molecule has 154 valence electrons. The molecule has 0 saturated heterocycles. The van der Waals surface area contributed by atoms with E-state index >= 15 is 0 Å². The molecule has 0 aliphatic rings. The van der Waals surface area contributed by atoms with Crippen LogP contribution < -0.4 is 10.3 Å². The van der Waals surface area contributed by atoms with Crippen molar-refractivity contribution in [3.05, 3.63) is 58.5 Å². The van der Waals surface area contributed by atoms with E-state index in [4.69, 9.17) is 0 Å². The van der Waals surface area contributed by atoms with Crippen LogP contribution in [0.15, 0.2) is 47.3 Å². The van der Waals surface area contributed by atoms with Crippen LogP contribution in [0.4, 0.5) is 13.2 Å². The van der Waals surface area contributed by atoms with Gasteiger partial charge in [0.05, 0.1) is 17.6 Å². The fourth-order valence-electron chi connectivity index (χ4n) is 3.10. The third-order valence-electron chi connectivity index (χ3n) is 4.38. The molecular formula is C21H21F3N2O3. The molecular weight excluding hydrogens is 385 g/mol. The van der Waals surface area contributed by atoms with E-state index in [2.05, 4.69) is 9.72 Å². The molecule has 0 amide bonds. The Labute approximate surface area is 165 Å². The van der Waals surface area contributed by atoms with Crippen molar-refractivity contribution in [1.82, 2.24) is 9.55 Å². The number of halogens is 3. The van der Waals surface area contributed by atoms with E-state index < -0.39 is 11.8 Å². The van der Waals surface area contributed by atoms with Crippen molar-refractivity contribution in [3.63, 3.8) is 0 Å². The molecule has 3 aromatic rings. The molecule has 1 N–H and O–H groups in total. The van der Waals surface area contributed by atoms with Crippen molar-refractivity contribution in [2.45, 2.75) is 39.1 Å². The van der Waals surface area contributed by atoms with Gasteiger partial charge in [0.15, 0.2) is 0 Å². The molecule has 2 aromatic carbocycles. The van der Waals surface area contributed by atoms with Gasteiger partial charge in [-0.3, -0.25) is 4.79 Å². The summed E-state index contributed by atoms with van der Waals surface area (Å²) < 4.78 is 43.0. The van der Waals surface area contributed by atoms with Crippen LogP contribution in [0.3, 0.4) is 0 Å². The average Bonchev–Trinajstić information content (AvgIpc) is 2.61. The van der Waals surface area contributed by atoms with Gasteiger partial charge < -0.3 is 14.4 Å². The van der Waals surface area contributed by atoms with Crippen LogP contribution in [0.25, 0.3) is 22.2 Å². The number of benzene rings is 2. The minimum atomic E-state index is -4.78. The van der Waals surface area contributed by atoms with Crippen molar-refractivity contribution in [2.75, 3.05) is 6.61 Å². The zero-order valence-corrected chi connectivity index (χ0v) is 16.2. The van der Waals surface area contributed by atoms with Crippen LogP contribution in [0.1, 0.15) is 26.5 Å². The largest absolute Gasteiger partial charge is 0.573 e. The topological polar surface area (TPSA) is 64.3 Å². The molecule has 1 heterocycles. The molecule has 1 aromatic heterocycles. The molecule has 0 radical (unpaired) electrons. The SMILES string of the molecule is CC(C)(C)c1nc2ccc(-c3cccc(OC(F)(F)F)c3)cc2n(CCO)c1=O. The monoisotopic (exact) mass is 406 g/mol. The Morgan fingerprint density at radius 1 is 1.07 bits per heavy atom. The molecule has 0 spiro atoms. The van der Waals surface area contributed by atoms with E-state index in [0.29, 0.717) is 27.9 Å². The molecule has 0 atom stereocenters. The first-order valence-corrected chi connectivity index (χ1v) is 9.02. The normalized spacial score (nSPS) is 12.4. The summed E-state index contributed by atoms with van der Waals surface area (Å²) in [5.41, 5.74) is 1.76. The zero-order valence-electron chi connectivity index (χ0n) is 16.2. The van der Waals surface area contributed by atoms with Crippen LogP contribution in [-0.4, -0.2) is 27.6 Å². The van der Waals surface area contributed by atoms with Crippen molar-refractivity contribution >= 4 is 11.0 Å². The second kappa shape index (κ2) is 7.51. The lowest BCUT2D eigenvalue weighted by Gasteiger charge is -2.20. The maximum Gasteiger partial charge on any atom is 0.573 e. The Morgan fingerprint density at radius 3 is 2.38 bits per heavy atom. The fourth-order valence-corrected chi connectivity index (χ4v) is 3.10. The van der Waals surface area contributed by atoms with Gasteiger partial charge in [-0.15, -0.1) is 13.2 Å². The van der Waals surface area contributed by atoms with Crippen molar-refractivity contribution in [2.24, 2.45) is 0 Å². The van der Waals surface area contributed by atoms with Crippen molar-refractivity contribution in [1.29, 1.82) is 0 Å². The first kappa shape index (κ1) is 20.9. The molecule has 8 heteroatoms. The minimum Gasteiger partial charge on any atom is -0.406 e. The van der Waals surface area contributed by atoms with Gasteiger partial charge in [0, 0.05) is 12.0 Å². The van der Waals surface area contributed by atoms with Crippen LogP contribution >= 0.6 is 0 Å². The van der Waals surface area contributed by atoms with E-state index in [0.717, 1.165) is 0 Å². The number of aromatic nitrogens is 2. The van der Waals surface area contributed by atoms with Crippen LogP contribution in [0.2, 0.25) is 0 Å². The second-order valence-electron chi connectivity index (χ2n) is 7.67. The zero-order chi connectivity index (χ0) is 21.4. The standard InChI is InChI=1S/C21H21F3N2O3/c1-20(2,3)18-19(28)26(9-10-27)17-12-14(7-8-16(17)25-18)13-5-4-6-15(11-13)29-21(22,23)24/h4-8,11-12,27H,9-10H2,1-3H3. The third kappa shape index (κ3) is 4.59. The number of nitrogens with zero attached hydrogens (tertiary/aromatic N) is 2. The number of fused-ring (bicyclic) bond motifs is 1. The summed E-state index contributed by atoms with van der Waals surface area (Å²) in [7, 11) is 0. The summed E-state index contributed by atoms with van der Waals surface area (Å²) in [5, 5.41) is 9.42. The fraction of sp³-hybridized carbons (Fsp3) is 0.333. The Hall–Kier alpha value is -2.87. The molecule has 0 aliphatic heterocycles. The maximum atomic E-state index is 12.9. The smallest absolute Gasteiger partial charge is 0.406 e. The number of aliphatic hydroxyl groups is 1. The summed E-state index contributed by atoms with van der Waals surface area (Å²) >= 11 is 0. The first-order chi connectivity index (χ1) is 13.5. The predicted molar refractivity (Wildman–Crippen MR) is 104 cm³/mol. The van der Waals surface area contributed by atoms with Gasteiger partial charge in [0.1, 0.15) is 11.4 Å². The maximum absolute atomic E-state index is 12.9. The molecule has 29 heavy (non-hydrogen) atoms. The summed E-state index contributed by atoms with van der Waals surface area (Å²) in [4.78, 5) is 17.4. The molecule has 0 saturated carbocycles. The Balaban J connectivity index is 2.17. The number of aliphatic hydroxyl groups excluding tert-OH is 1. The highest BCUT2D eigenvalue weighted by Crippen LogP contribution is 2.30. The Morgan fingerprint density at radius 2 is 1.76 bits per heavy atom. The second-order valence-corrected chi connectivity index (χ2v) is 7.67. The number of hydrogen-bond acceptors (Lipinski definition) is 4. The van der Waals surface area contributed by atoms with E-state index in [-0.39, 0.29) is 24.5 Å². The summed E-state index contributed by atoms with van der Waals surface area (Å²) in [6.45, 7) is 5.49. The summed E-state index contributed by atoms with van der Waals surface area (Å²) in [5.74, 6) is -0.330.